The fourth-order valence-electron chi connectivity index (χ4n) is 5.40. The third-order valence-corrected chi connectivity index (χ3v) is 9.37. The van der Waals surface area contributed by atoms with Gasteiger partial charge in [0.05, 0.1) is 31.4 Å². The fraction of sp³-hybridized carbons (Fsp3) is 0.314. The quantitative estimate of drug-likeness (QED) is 0.109. The minimum absolute atomic E-state index is 0. The summed E-state index contributed by atoms with van der Waals surface area (Å²) in [5, 5.41) is 16.2. The van der Waals surface area contributed by atoms with E-state index in [0.717, 1.165) is 33.2 Å². The van der Waals surface area contributed by atoms with E-state index in [-0.39, 0.29) is 43.6 Å². The van der Waals surface area contributed by atoms with E-state index in [4.69, 9.17) is 27.1 Å². The molecule has 1 aliphatic rings. The average Bonchev–Trinajstić information content (AvgIpc) is 3.55. The summed E-state index contributed by atoms with van der Waals surface area (Å²) in [6.45, 7) is 6.59. The number of thiophene rings is 1. The van der Waals surface area contributed by atoms with Crippen LogP contribution in [0, 0.1) is 32.6 Å². The van der Waals surface area contributed by atoms with Crippen LogP contribution in [0.25, 0.3) is 5.00 Å². The molecule has 14 heteroatoms. The Balaban J connectivity index is 0.00000541. The van der Waals surface area contributed by atoms with Crippen molar-refractivity contribution in [3.8, 4) is 16.8 Å². The molecule has 4 aromatic rings. The van der Waals surface area contributed by atoms with Crippen LogP contribution in [0.5, 0.6) is 0 Å². The summed E-state index contributed by atoms with van der Waals surface area (Å²) in [5.41, 5.74) is 10.5. The number of hydrogen-bond acceptors (Lipinski definition) is 9. The molecule has 0 spiro atoms. The Bertz CT molecular complexity index is 1960. The number of nitrogens with two attached hydrogens (primary N) is 1. The molecule has 256 valence electrons. The van der Waals surface area contributed by atoms with Gasteiger partial charge in [0, 0.05) is 45.2 Å². The van der Waals surface area contributed by atoms with Gasteiger partial charge in [0.2, 0.25) is 11.8 Å². The Hall–Kier alpha value is -4.54. The number of methoxy groups -OCH3 is 1. The summed E-state index contributed by atoms with van der Waals surface area (Å²) < 4.78 is 6.82. The van der Waals surface area contributed by atoms with Gasteiger partial charge in [-0.15, -0.1) is 33.9 Å². The number of nitrogens with zero attached hydrogens (tertiary/aromatic N) is 4. The summed E-state index contributed by atoms with van der Waals surface area (Å²) in [6, 6.07) is 11.8. The zero-order valence-corrected chi connectivity index (χ0v) is 29.9. The minimum Gasteiger partial charge on any atom is -0.465 e. The minimum atomic E-state index is -0.563. The van der Waals surface area contributed by atoms with E-state index < -0.39 is 12.0 Å². The number of esters is 1. The van der Waals surface area contributed by atoms with Crippen molar-refractivity contribution < 1.29 is 19.1 Å². The molecule has 0 bridgehead atoms. The van der Waals surface area contributed by atoms with Gasteiger partial charge in [0.1, 0.15) is 16.9 Å². The maximum absolute atomic E-state index is 13.2. The molecular formula is C35H37Cl2N7O4S. The van der Waals surface area contributed by atoms with Gasteiger partial charge in [0.15, 0.2) is 5.82 Å². The van der Waals surface area contributed by atoms with Crippen LogP contribution in [-0.4, -0.2) is 58.5 Å². The molecule has 5 rings (SSSR count). The number of aliphatic imine (C=N–C) groups is 1. The lowest BCUT2D eigenvalue weighted by Gasteiger charge is -2.13. The van der Waals surface area contributed by atoms with Crippen LogP contribution >= 0.6 is 35.3 Å². The molecule has 1 aliphatic heterocycles. The summed E-state index contributed by atoms with van der Waals surface area (Å²) in [7, 11) is 1.29. The van der Waals surface area contributed by atoms with Crippen LogP contribution in [0.15, 0.2) is 47.5 Å². The molecule has 4 N–H and O–H groups in total. The second-order valence-electron chi connectivity index (χ2n) is 11.2. The number of nitrogens with one attached hydrogen (secondary N) is 2. The Morgan fingerprint density at radius 3 is 2.53 bits per heavy atom. The summed E-state index contributed by atoms with van der Waals surface area (Å²) in [6.07, 6.45) is 1.49. The van der Waals surface area contributed by atoms with Gasteiger partial charge in [-0.25, -0.2) is 4.79 Å². The molecular weight excluding hydrogens is 685 g/mol. The van der Waals surface area contributed by atoms with Gasteiger partial charge in [-0.05, 0) is 69.5 Å². The summed E-state index contributed by atoms with van der Waals surface area (Å²) in [5.74, 6) is 6.01. The highest BCUT2D eigenvalue weighted by Crippen LogP contribution is 2.39. The molecule has 11 nitrogen and oxygen atoms in total. The molecule has 0 radical (unpaired) electrons. The summed E-state index contributed by atoms with van der Waals surface area (Å²) in [4.78, 5) is 44.2. The molecule has 0 saturated heterocycles. The van der Waals surface area contributed by atoms with Crippen molar-refractivity contribution in [2.24, 2.45) is 10.7 Å². The summed E-state index contributed by atoms with van der Waals surface area (Å²) >= 11 is 7.86. The first-order chi connectivity index (χ1) is 23.1. The predicted octanol–water partition coefficient (Wildman–Crippen LogP) is 5.63. The number of anilines is 1. The number of halogens is 2. The molecule has 0 aliphatic carbocycles. The molecule has 1 atom stereocenters. The number of amides is 2. The number of hydrogen-bond donors (Lipinski definition) is 3. The number of aryl methyl sites for hydroxylation is 2. The van der Waals surface area contributed by atoms with E-state index in [2.05, 4.69) is 46.5 Å². The van der Waals surface area contributed by atoms with Crippen LogP contribution in [0.1, 0.15) is 80.9 Å². The van der Waals surface area contributed by atoms with E-state index >= 15 is 0 Å². The number of rotatable bonds is 10. The van der Waals surface area contributed by atoms with Crippen molar-refractivity contribution in [2.75, 3.05) is 25.5 Å². The lowest BCUT2D eigenvalue weighted by Crippen LogP contribution is -2.26. The van der Waals surface area contributed by atoms with Crippen molar-refractivity contribution >= 4 is 64.5 Å². The molecule has 2 aromatic heterocycles. The van der Waals surface area contributed by atoms with Gasteiger partial charge < -0.3 is 21.1 Å². The highest BCUT2D eigenvalue weighted by atomic mass is 35.5. The number of carbonyl (C=O) groups is 3. The van der Waals surface area contributed by atoms with E-state index in [1.807, 2.05) is 35.8 Å². The molecule has 2 aromatic carbocycles. The monoisotopic (exact) mass is 721 g/mol. The highest BCUT2D eigenvalue weighted by molar-refractivity contribution is 7.15. The number of fused-ring (bicyclic) bond motifs is 3. The van der Waals surface area contributed by atoms with E-state index in [1.165, 1.54) is 12.0 Å². The van der Waals surface area contributed by atoms with Crippen molar-refractivity contribution in [3.05, 3.63) is 91.8 Å². The molecule has 0 unspecified atom stereocenters. The maximum atomic E-state index is 13.2. The van der Waals surface area contributed by atoms with Crippen molar-refractivity contribution in [1.82, 2.24) is 20.1 Å². The van der Waals surface area contributed by atoms with Crippen molar-refractivity contribution in [1.29, 1.82) is 0 Å². The van der Waals surface area contributed by atoms with Gasteiger partial charge in [-0.2, -0.15) is 0 Å². The first-order valence-corrected chi connectivity index (χ1v) is 16.6. The van der Waals surface area contributed by atoms with Crippen LogP contribution in [0.2, 0.25) is 5.02 Å². The van der Waals surface area contributed by atoms with Crippen molar-refractivity contribution in [3.63, 3.8) is 0 Å². The Labute approximate surface area is 300 Å². The van der Waals surface area contributed by atoms with Crippen molar-refractivity contribution in [2.45, 2.75) is 52.5 Å². The van der Waals surface area contributed by atoms with Gasteiger partial charge in [-0.3, -0.25) is 19.1 Å². The van der Waals surface area contributed by atoms with Crippen LogP contribution in [0.3, 0.4) is 0 Å². The third kappa shape index (κ3) is 8.55. The SMILES string of the molecule is COC(=O)c1ccc(NC(=O)CCCCNC(=O)C[C@@H]2N=C(c3ccc(Cl)cc3)c3c(sc(C)c3C)-n3c(C)nnc32)cc1C#CCN.Cl. The third-order valence-electron chi connectivity index (χ3n) is 7.92. The Morgan fingerprint density at radius 2 is 1.82 bits per heavy atom. The molecule has 0 saturated carbocycles. The number of carbonyl (C=O) groups excluding carboxylic acids is 3. The largest absolute Gasteiger partial charge is 0.465 e. The van der Waals surface area contributed by atoms with Crippen LogP contribution in [-0.2, 0) is 14.3 Å². The van der Waals surface area contributed by atoms with E-state index in [1.54, 1.807) is 29.5 Å². The number of ether oxygens (including phenoxy) is 1. The number of benzene rings is 2. The molecule has 3 heterocycles. The van der Waals surface area contributed by atoms with Gasteiger partial charge >= 0.3 is 5.97 Å². The Kier molecular flexibility index (Phi) is 12.7. The topological polar surface area (TPSA) is 154 Å². The predicted molar refractivity (Wildman–Crippen MR) is 194 cm³/mol. The number of aromatic nitrogens is 3. The zero-order chi connectivity index (χ0) is 34.4. The van der Waals surface area contributed by atoms with E-state index in [0.29, 0.717) is 47.0 Å². The first kappa shape index (κ1) is 37.3. The normalized spacial score (nSPS) is 13.0. The highest BCUT2D eigenvalue weighted by Gasteiger charge is 2.32. The van der Waals surface area contributed by atoms with Gasteiger partial charge in [-0.1, -0.05) is 35.6 Å². The lowest BCUT2D eigenvalue weighted by atomic mass is 9.99. The standard InChI is InChI=1S/C35H36ClN7O4S.ClH/c1-20-21(2)48-34-31(20)32(23-10-12-25(36)13-11-23)40-28(33-42-41-22(3)43(33)34)19-30(45)38-17-6-5-9-29(44)39-26-14-15-27(35(46)47-4)24(18-26)8-7-16-37;/h10-15,18,28H,5-6,9,16-17,19,37H2,1-4H3,(H,38,45)(H,39,44);1H/t28-;/m0./s1. The van der Waals surface area contributed by atoms with E-state index in [9.17, 15) is 14.4 Å². The lowest BCUT2D eigenvalue weighted by molar-refractivity contribution is -0.121. The number of unbranched alkanes of at least 4 members (excludes halogenated alkanes) is 1. The van der Waals surface area contributed by atoms with Gasteiger partial charge in [0.25, 0.3) is 0 Å². The smallest absolute Gasteiger partial charge is 0.339 e. The fourth-order valence-corrected chi connectivity index (χ4v) is 6.74. The molecule has 49 heavy (non-hydrogen) atoms. The van der Waals surface area contributed by atoms with Crippen LogP contribution in [0.4, 0.5) is 5.69 Å². The zero-order valence-electron chi connectivity index (χ0n) is 27.6. The molecule has 2 amide bonds. The van der Waals surface area contributed by atoms with Crippen LogP contribution < -0.4 is 16.4 Å². The second-order valence-corrected chi connectivity index (χ2v) is 12.9. The average molecular weight is 723 g/mol. The maximum Gasteiger partial charge on any atom is 0.339 e. The second kappa shape index (κ2) is 16.7. The molecule has 0 fully saturated rings. The first-order valence-electron chi connectivity index (χ1n) is 15.5. The Morgan fingerprint density at radius 1 is 1.06 bits per heavy atom.